The molecule has 0 amide bonds. The predicted molar refractivity (Wildman–Crippen MR) is 77.8 cm³/mol. The lowest BCUT2D eigenvalue weighted by atomic mass is 10.1. The highest BCUT2D eigenvalue weighted by Crippen LogP contribution is 2.19. The lowest BCUT2D eigenvalue weighted by Gasteiger charge is -2.17. The molecule has 3 nitrogen and oxygen atoms in total. The van der Waals surface area contributed by atoms with Gasteiger partial charge in [-0.1, -0.05) is 18.2 Å². The highest BCUT2D eigenvalue weighted by atomic mass is 16.5. The van der Waals surface area contributed by atoms with Crippen LogP contribution in [0, 0.1) is 0 Å². The Bertz CT molecular complexity index is 375. The Kier molecular flexibility index (Phi) is 5.67. The summed E-state index contributed by atoms with van der Waals surface area (Å²) in [6.45, 7) is 4.20. The van der Waals surface area contributed by atoms with Crippen LogP contribution in [0.5, 0.6) is 5.75 Å². The van der Waals surface area contributed by atoms with Gasteiger partial charge in [-0.3, -0.25) is 0 Å². The van der Waals surface area contributed by atoms with Crippen LogP contribution in [0.2, 0.25) is 0 Å². The van der Waals surface area contributed by atoms with Crippen LogP contribution in [0.25, 0.3) is 0 Å². The van der Waals surface area contributed by atoms with Crippen LogP contribution in [0.4, 0.5) is 0 Å². The number of methoxy groups -OCH3 is 1. The molecule has 1 saturated heterocycles. The van der Waals surface area contributed by atoms with E-state index in [1.165, 1.54) is 18.4 Å². The van der Waals surface area contributed by atoms with E-state index < -0.39 is 0 Å². The maximum absolute atomic E-state index is 5.63. The van der Waals surface area contributed by atoms with Gasteiger partial charge in [0.25, 0.3) is 0 Å². The predicted octanol–water partition coefficient (Wildman–Crippen LogP) is 2.78. The first kappa shape index (κ1) is 14.4. The Morgan fingerprint density at radius 2 is 2.26 bits per heavy atom. The minimum atomic E-state index is 0.456. The summed E-state index contributed by atoms with van der Waals surface area (Å²) >= 11 is 0. The molecule has 3 heteroatoms. The van der Waals surface area contributed by atoms with E-state index in [0.717, 1.165) is 31.7 Å². The number of hydrogen-bond acceptors (Lipinski definition) is 3. The summed E-state index contributed by atoms with van der Waals surface area (Å²) in [5.74, 6) is 0.982. The highest BCUT2D eigenvalue weighted by Gasteiger charge is 2.15. The topological polar surface area (TPSA) is 30.5 Å². The summed E-state index contributed by atoms with van der Waals surface area (Å²) < 4.78 is 11.0. The molecular formula is C16H25NO2. The quantitative estimate of drug-likeness (QED) is 0.820. The van der Waals surface area contributed by atoms with Crippen molar-refractivity contribution in [1.82, 2.24) is 5.32 Å². The second kappa shape index (κ2) is 7.51. The van der Waals surface area contributed by atoms with Crippen LogP contribution in [-0.4, -0.2) is 32.4 Å². The van der Waals surface area contributed by atoms with Crippen molar-refractivity contribution in [2.24, 2.45) is 0 Å². The zero-order valence-corrected chi connectivity index (χ0v) is 12.0. The second-order valence-electron chi connectivity index (χ2n) is 5.29. The van der Waals surface area contributed by atoms with E-state index >= 15 is 0 Å². The van der Waals surface area contributed by atoms with Crippen molar-refractivity contribution in [2.75, 3.05) is 20.3 Å². The van der Waals surface area contributed by atoms with Gasteiger partial charge in [0.1, 0.15) is 5.75 Å². The van der Waals surface area contributed by atoms with Gasteiger partial charge in [-0.2, -0.15) is 0 Å². The number of nitrogens with one attached hydrogen (secondary N) is 1. The Labute approximate surface area is 116 Å². The van der Waals surface area contributed by atoms with E-state index in [-0.39, 0.29) is 0 Å². The smallest absolute Gasteiger partial charge is 0.122 e. The Hall–Kier alpha value is -1.06. The SMILES string of the molecule is COc1ccccc1CC(C)NCCC1CCCO1. The van der Waals surface area contributed by atoms with Gasteiger partial charge in [-0.25, -0.2) is 0 Å². The summed E-state index contributed by atoms with van der Waals surface area (Å²) in [5, 5.41) is 3.57. The van der Waals surface area contributed by atoms with E-state index in [1.807, 2.05) is 12.1 Å². The number of ether oxygens (including phenoxy) is 2. The van der Waals surface area contributed by atoms with Crippen molar-refractivity contribution in [2.45, 2.75) is 44.8 Å². The minimum Gasteiger partial charge on any atom is -0.496 e. The summed E-state index contributed by atoms with van der Waals surface area (Å²) in [6, 6.07) is 8.69. The molecule has 0 saturated carbocycles. The Balaban J connectivity index is 1.72. The lowest BCUT2D eigenvalue weighted by molar-refractivity contribution is 0.103. The van der Waals surface area contributed by atoms with Gasteiger partial charge < -0.3 is 14.8 Å². The largest absolute Gasteiger partial charge is 0.496 e. The molecule has 0 radical (unpaired) electrons. The van der Waals surface area contributed by atoms with Crippen molar-refractivity contribution in [3.63, 3.8) is 0 Å². The zero-order valence-electron chi connectivity index (χ0n) is 12.0. The lowest BCUT2D eigenvalue weighted by Crippen LogP contribution is -2.30. The molecule has 0 aliphatic carbocycles. The first-order valence-corrected chi connectivity index (χ1v) is 7.26. The molecule has 106 valence electrons. The summed E-state index contributed by atoms with van der Waals surface area (Å²) in [4.78, 5) is 0. The van der Waals surface area contributed by atoms with Gasteiger partial charge in [-0.15, -0.1) is 0 Å². The molecule has 0 spiro atoms. The molecule has 2 rings (SSSR count). The van der Waals surface area contributed by atoms with Crippen LogP contribution in [0.15, 0.2) is 24.3 Å². The third-order valence-corrected chi connectivity index (χ3v) is 3.70. The first-order valence-electron chi connectivity index (χ1n) is 7.26. The molecule has 1 fully saturated rings. The summed E-state index contributed by atoms with van der Waals surface area (Å²) in [5.41, 5.74) is 1.27. The average Bonchev–Trinajstić information content (AvgIpc) is 2.92. The van der Waals surface area contributed by atoms with Gasteiger partial charge in [0.15, 0.2) is 0 Å². The van der Waals surface area contributed by atoms with Crippen molar-refractivity contribution < 1.29 is 9.47 Å². The first-order chi connectivity index (χ1) is 9.29. The Morgan fingerprint density at radius 1 is 1.42 bits per heavy atom. The van der Waals surface area contributed by atoms with Crippen LogP contribution in [0.1, 0.15) is 31.7 Å². The second-order valence-corrected chi connectivity index (χ2v) is 5.29. The van der Waals surface area contributed by atoms with E-state index in [0.29, 0.717) is 12.1 Å². The number of hydrogen-bond donors (Lipinski definition) is 1. The van der Waals surface area contributed by atoms with Gasteiger partial charge >= 0.3 is 0 Å². The summed E-state index contributed by atoms with van der Waals surface area (Å²) in [6.07, 6.45) is 5.04. The van der Waals surface area contributed by atoms with E-state index in [4.69, 9.17) is 9.47 Å². The average molecular weight is 263 g/mol. The molecule has 19 heavy (non-hydrogen) atoms. The fourth-order valence-corrected chi connectivity index (χ4v) is 2.64. The molecule has 1 aliphatic rings. The van der Waals surface area contributed by atoms with Gasteiger partial charge in [0.05, 0.1) is 13.2 Å². The van der Waals surface area contributed by atoms with Crippen molar-refractivity contribution in [1.29, 1.82) is 0 Å². The number of benzene rings is 1. The molecule has 2 unspecified atom stereocenters. The van der Waals surface area contributed by atoms with Crippen molar-refractivity contribution in [3.05, 3.63) is 29.8 Å². The van der Waals surface area contributed by atoms with Gasteiger partial charge in [-0.05, 0) is 50.8 Å². The molecule has 1 heterocycles. The number of para-hydroxylation sites is 1. The van der Waals surface area contributed by atoms with Crippen molar-refractivity contribution >= 4 is 0 Å². The zero-order chi connectivity index (χ0) is 13.5. The maximum Gasteiger partial charge on any atom is 0.122 e. The Morgan fingerprint density at radius 3 is 3.00 bits per heavy atom. The van der Waals surface area contributed by atoms with Crippen molar-refractivity contribution in [3.8, 4) is 5.75 Å². The number of rotatable bonds is 7. The van der Waals surface area contributed by atoms with Gasteiger partial charge in [0.2, 0.25) is 0 Å². The molecule has 1 aliphatic heterocycles. The third kappa shape index (κ3) is 4.51. The standard InChI is InChI=1S/C16H25NO2/c1-13(17-10-9-15-7-5-11-19-15)12-14-6-3-4-8-16(14)18-2/h3-4,6,8,13,15,17H,5,7,9-12H2,1-2H3. The van der Waals surface area contributed by atoms with Crippen LogP contribution in [0.3, 0.4) is 0 Å². The van der Waals surface area contributed by atoms with Crippen LogP contribution >= 0.6 is 0 Å². The summed E-state index contributed by atoms with van der Waals surface area (Å²) in [7, 11) is 1.73. The molecular weight excluding hydrogens is 238 g/mol. The molecule has 1 N–H and O–H groups in total. The van der Waals surface area contributed by atoms with E-state index in [2.05, 4.69) is 24.4 Å². The van der Waals surface area contributed by atoms with Gasteiger partial charge in [0, 0.05) is 12.6 Å². The normalized spacial score (nSPS) is 20.4. The van der Waals surface area contributed by atoms with E-state index in [1.54, 1.807) is 7.11 Å². The van der Waals surface area contributed by atoms with Crippen LogP contribution < -0.4 is 10.1 Å². The molecule has 1 aromatic rings. The van der Waals surface area contributed by atoms with E-state index in [9.17, 15) is 0 Å². The van der Waals surface area contributed by atoms with Crippen LogP contribution in [-0.2, 0) is 11.2 Å². The maximum atomic E-state index is 5.63. The highest BCUT2D eigenvalue weighted by molar-refractivity contribution is 5.33. The monoisotopic (exact) mass is 263 g/mol. The third-order valence-electron chi connectivity index (χ3n) is 3.70. The molecule has 0 bridgehead atoms. The fourth-order valence-electron chi connectivity index (χ4n) is 2.64. The fraction of sp³-hybridized carbons (Fsp3) is 0.625. The molecule has 2 atom stereocenters. The molecule has 1 aromatic carbocycles. The minimum absolute atomic E-state index is 0.456. The molecule has 0 aromatic heterocycles.